The first-order valence-electron chi connectivity index (χ1n) is 5.34. The summed E-state index contributed by atoms with van der Waals surface area (Å²) in [5, 5.41) is 9.87. The van der Waals surface area contributed by atoms with Crippen LogP contribution in [0.1, 0.15) is 18.4 Å². The summed E-state index contributed by atoms with van der Waals surface area (Å²) in [7, 11) is 0. The van der Waals surface area contributed by atoms with Gasteiger partial charge in [-0.05, 0) is 30.5 Å². The van der Waals surface area contributed by atoms with E-state index in [1.165, 1.54) is 0 Å². The molecule has 3 rings (SSSR count). The average molecular weight is 206 g/mol. The summed E-state index contributed by atoms with van der Waals surface area (Å²) < 4.78 is 10.7. The van der Waals surface area contributed by atoms with E-state index in [1.54, 1.807) is 0 Å². The summed E-state index contributed by atoms with van der Waals surface area (Å²) >= 11 is 0. The second kappa shape index (κ2) is 3.22. The van der Waals surface area contributed by atoms with Crippen LogP contribution in [0.2, 0.25) is 0 Å². The summed E-state index contributed by atoms with van der Waals surface area (Å²) in [6, 6.07) is 7.73. The van der Waals surface area contributed by atoms with E-state index in [-0.39, 0.29) is 6.10 Å². The normalized spacial score (nSPS) is 23.3. The Morgan fingerprint density at radius 1 is 1.20 bits per heavy atom. The van der Waals surface area contributed by atoms with E-state index in [4.69, 9.17) is 9.47 Å². The first-order valence-corrected chi connectivity index (χ1v) is 5.34. The lowest BCUT2D eigenvalue weighted by Gasteiger charge is -2.26. The molecule has 3 heteroatoms. The Bertz CT molecular complexity index is 350. The fourth-order valence-electron chi connectivity index (χ4n) is 1.73. The highest BCUT2D eigenvalue weighted by Crippen LogP contribution is 2.45. The molecule has 1 aliphatic carbocycles. The van der Waals surface area contributed by atoms with Gasteiger partial charge in [-0.2, -0.15) is 0 Å². The van der Waals surface area contributed by atoms with Crippen molar-refractivity contribution in [3.8, 4) is 5.75 Å². The van der Waals surface area contributed by atoms with Gasteiger partial charge in [0, 0.05) is 0 Å². The molecule has 1 saturated carbocycles. The molecule has 0 atom stereocenters. The monoisotopic (exact) mass is 206 g/mol. The minimum Gasteiger partial charge on any atom is -0.486 e. The zero-order valence-electron chi connectivity index (χ0n) is 8.48. The van der Waals surface area contributed by atoms with Crippen molar-refractivity contribution in [2.75, 3.05) is 13.2 Å². The van der Waals surface area contributed by atoms with Gasteiger partial charge in [0.15, 0.2) is 0 Å². The molecular weight excluding hydrogens is 192 g/mol. The highest BCUT2D eigenvalue weighted by molar-refractivity contribution is 5.33. The van der Waals surface area contributed by atoms with Crippen LogP contribution in [-0.2, 0) is 10.3 Å². The zero-order valence-corrected chi connectivity index (χ0v) is 8.48. The van der Waals surface area contributed by atoms with Crippen LogP contribution in [0.25, 0.3) is 0 Å². The van der Waals surface area contributed by atoms with Crippen LogP contribution < -0.4 is 4.74 Å². The van der Waals surface area contributed by atoms with Gasteiger partial charge in [-0.15, -0.1) is 0 Å². The van der Waals surface area contributed by atoms with Gasteiger partial charge in [0.2, 0.25) is 0 Å². The highest BCUT2D eigenvalue weighted by Gasteiger charge is 2.41. The molecule has 0 bridgehead atoms. The maximum Gasteiger partial charge on any atom is 0.145 e. The Kier molecular flexibility index (Phi) is 1.97. The van der Waals surface area contributed by atoms with Gasteiger partial charge in [0.1, 0.15) is 11.9 Å². The van der Waals surface area contributed by atoms with E-state index in [0.717, 1.165) is 24.2 Å². The molecule has 1 aliphatic heterocycles. The summed E-state index contributed by atoms with van der Waals surface area (Å²) in [6.07, 6.45) is 1.97. The van der Waals surface area contributed by atoms with Crippen molar-refractivity contribution in [2.45, 2.75) is 24.5 Å². The number of ether oxygens (including phenoxy) is 2. The zero-order chi connectivity index (χ0) is 10.3. The third kappa shape index (κ3) is 1.73. The van der Waals surface area contributed by atoms with Crippen LogP contribution in [0.15, 0.2) is 24.3 Å². The maximum absolute atomic E-state index is 9.87. The van der Waals surface area contributed by atoms with Crippen LogP contribution in [0.5, 0.6) is 5.75 Å². The van der Waals surface area contributed by atoms with Crippen molar-refractivity contribution < 1.29 is 14.6 Å². The average Bonchev–Trinajstić information content (AvgIpc) is 2.93. The third-order valence-corrected chi connectivity index (χ3v) is 3.03. The minimum atomic E-state index is -0.544. The molecule has 15 heavy (non-hydrogen) atoms. The lowest BCUT2D eigenvalue weighted by atomic mass is 10.1. The number of rotatable bonds is 3. The lowest BCUT2D eigenvalue weighted by Crippen LogP contribution is -2.38. The molecule has 1 saturated heterocycles. The van der Waals surface area contributed by atoms with Crippen molar-refractivity contribution in [3.63, 3.8) is 0 Å². The topological polar surface area (TPSA) is 38.7 Å². The maximum atomic E-state index is 9.87. The van der Waals surface area contributed by atoms with E-state index < -0.39 is 5.60 Å². The molecule has 0 amide bonds. The van der Waals surface area contributed by atoms with Crippen molar-refractivity contribution >= 4 is 0 Å². The van der Waals surface area contributed by atoms with Crippen LogP contribution in [0.4, 0.5) is 0 Å². The SMILES string of the molecule is OC1(c2ccc(OC3COC3)cc2)CC1. The first kappa shape index (κ1) is 9.19. The van der Waals surface area contributed by atoms with Gasteiger partial charge < -0.3 is 14.6 Å². The van der Waals surface area contributed by atoms with Crippen LogP contribution in [0, 0.1) is 0 Å². The second-order valence-corrected chi connectivity index (χ2v) is 4.33. The number of hydrogen-bond donors (Lipinski definition) is 1. The van der Waals surface area contributed by atoms with Crippen molar-refractivity contribution in [1.29, 1.82) is 0 Å². The molecule has 0 unspecified atom stereocenters. The molecule has 0 spiro atoms. The van der Waals surface area contributed by atoms with Gasteiger partial charge in [-0.25, -0.2) is 0 Å². The molecule has 3 nitrogen and oxygen atoms in total. The minimum absolute atomic E-state index is 0.208. The summed E-state index contributed by atoms with van der Waals surface area (Å²) in [6.45, 7) is 1.37. The van der Waals surface area contributed by atoms with Gasteiger partial charge in [0.25, 0.3) is 0 Å². The van der Waals surface area contributed by atoms with Crippen molar-refractivity contribution in [3.05, 3.63) is 29.8 Å². The molecule has 80 valence electrons. The van der Waals surface area contributed by atoms with Crippen LogP contribution in [-0.4, -0.2) is 24.4 Å². The first-order chi connectivity index (χ1) is 7.26. The predicted molar refractivity (Wildman–Crippen MR) is 54.8 cm³/mol. The fourth-order valence-corrected chi connectivity index (χ4v) is 1.73. The Balaban J connectivity index is 1.70. The van der Waals surface area contributed by atoms with E-state index in [9.17, 15) is 5.11 Å². The Labute approximate surface area is 88.6 Å². The summed E-state index contributed by atoms with van der Waals surface area (Å²) in [5.74, 6) is 0.858. The lowest BCUT2D eigenvalue weighted by molar-refractivity contribution is -0.0796. The second-order valence-electron chi connectivity index (χ2n) is 4.33. The van der Waals surface area contributed by atoms with Gasteiger partial charge >= 0.3 is 0 Å². The molecule has 0 aromatic heterocycles. The number of benzene rings is 1. The van der Waals surface area contributed by atoms with Crippen LogP contribution >= 0.6 is 0 Å². The molecule has 2 fully saturated rings. The standard InChI is InChI=1S/C12H14O3/c13-12(5-6-12)9-1-3-10(4-2-9)15-11-7-14-8-11/h1-4,11,13H,5-8H2. The Morgan fingerprint density at radius 3 is 2.33 bits per heavy atom. The predicted octanol–water partition coefficient (Wildman–Crippen LogP) is 1.45. The summed E-state index contributed by atoms with van der Waals surface area (Å²) in [5.41, 5.74) is 0.456. The smallest absolute Gasteiger partial charge is 0.145 e. The van der Waals surface area contributed by atoms with E-state index in [0.29, 0.717) is 13.2 Å². The largest absolute Gasteiger partial charge is 0.486 e. The molecule has 1 aromatic carbocycles. The molecular formula is C12H14O3. The van der Waals surface area contributed by atoms with E-state index >= 15 is 0 Å². The quantitative estimate of drug-likeness (QED) is 0.813. The van der Waals surface area contributed by atoms with Gasteiger partial charge in [-0.1, -0.05) is 12.1 Å². The summed E-state index contributed by atoms with van der Waals surface area (Å²) in [4.78, 5) is 0. The molecule has 1 heterocycles. The van der Waals surface area contributed by atoms with Crippen molar-refractivity contribution in [1.82, 2.24) is 0 Å². The van der Waals surface area contributed by atoms with Crippen LogP contribution in [0.3, 0.4) is 0 Å². The van der Waals surface area contributed by atoms with Gasteiger partial charge in [-0.3, -0.25) is 0 Å². The highest BCUT2D eigenvalue weighted by atomic mass is 16.6. The fraction of sp³-hybridized carbons (Fsp3) is 0.500. The Morgan fingerprint density at radius 2 is 1.87 bits per heavy atom. The number of aliphatic hydroxyl groups is 1. The third-order valence-electron chi connectivity index (χ3n) is 3.03. The molecule has 2 aliphatic rings. The van der Waals surface area contributed by atoms with E-state index in [2.05, 4.69) is 0 Å². The van der Waals surface area contributed by atoms with Gasteiger partial charge in [0.05, 0.1) is 18.8 Å². The van der Waals surface area contributed by atoms with E-state index in [1.807, 2.05) is 24.3 Å². The molecule has 0 radical (unpaired) electrons. The molecule has 1 aromatic rings. The Hall–Kier alpha value is -1.06. The number of hydrogen-bond acceptors (Lipinski definition) is 3. The molecule has 1 N–H and O–H groups in total. The van der Waals surface area contributed by atoms with Crippen molar-refractivity contribution in [2.24, 2.45) is 0 Å².